The van der Waals surface area contributed by atoms with Gasteiger partial charge in [-0.1, -0.05) is 24.3 Å². The molecule has 5 heteroatoms. The van der Waals surface area contributed by atoms with Crippen molar-refractivity contribution in [1.29, 1.82) is 0 Å². The number of fused-ring (bicyclic) bond motifs is 1. The Balaban J connectivity index is 1.69. The number of ether oxygens (including phenoxy) is 1. The van der Waals surface area contributed by atoms with Crippen LogP contribution in [0.4, 0.5) is 0 Å². The summed E-state index contributed by atoms with van der Waals surface area (Å²) in [6, 6.07) is 16.2. The van der Waals surface area contributed by atoms with Crippen LogP contribution in [0.5, 0.6) is 5.75 Å². The van der Waals surface area contributed by atoms with Gasteiger partial charge in [0.15, 0.2) is 5.43 Å². The molecule has 4 nitrogen and oxygen atoms in total. The van der Waals surface area contributed by atoms with E-state index in [1.807, 2.05) is 42.6 Å². The maximum Gasteiger partial charge on any atom is 0.189 e. The minimum Gasteiger partial charge on any atom is -0.496 e. The molecular formula is C21H21BrN2O2. The van der Waals surface area contributed by atoms with Crippen LogP contribution in [0.15, 0.2) is 64.0 Å². The molecule has 134 valence electrons. The molecule has 1 saturated carbocycles. The van der Waals surface area contributed by atoms with Gasteiger partial charge in [-0.2, -0.15) is 0 Å². The first kappa shape index (κ1) is 17.3. The normalized spacial score (nSPS) is 14.1. The van der Waals surface area contributed by atoms with Crippen LogP contribution >= 0.6 is 15.9 Å². The topological polar surface area (TPSA) is 34.5 Å². The molecule has 26 heavy (non-hydrogen) atoms. The van der Waals surface area contributed by atoms with E-state index in [1.54, 1.807) is 13.2 Å². The van der Waals surface area contributed by atoms with Crippen molar-refractivity contribution in [3.63, 3.8) is 0 Å². The molecule has 0 bridgehead atoms. The van der Waals surface area contributed by atoms with Gasteiger partial charge in [-0.05, 0) is 47.0 Å². The smallest absolute Gasteiger partial charge is 0.189 e. The number of hydrogen-bond donors (Lipinski definition) is 0. The zero-order valence-electron chi connectivity index (χ0n) is 14.7. The van der Waals surface area contributed by atoms with Crippen LogP contribution in [0.2, 0.25) is 0 Å². The Morgan fingerprint density at radius 1 is 1.15 bits per heavy atom. The molecule has 0 aliphatic heterocycles. The largest absolute Gasteiger partial charge is 0.496 e. The number of para-hydroxylation sites is 2. The second-order valence-electron chi connectivity index (χ2n) is 6.72. The van der Waals surface area contributed by atoms with Crippen LogP contribution in [0.3, 0.4) is 0 Å². The predicted octanol–water partition coefficient (Wildman–Crippen LogP) is 4.39. The van der Waals surface area contributed by atoms with E-state index in [0.717, 1.165) is 34.3 Å². The van der Waals surface area contributed by atoms with Gasteiger partial charge in [-0.3, -0.25) is 9.69 Å². The van der Waals surface area contributed by atoms with E-state index < -0.39 is 0 Å². The van der Waals surface area contributed by atoms with Crippen LogP contribution in [-0.2, 0) is 13.2 Å². The fraction of sp³-hybridized carbons (Fsp3) is 0.286. The van der Waals surface area contributed by atoms with Crippen molar-refractivity contribution in [2.45, 2.75) is 32.1 Å². The molecule has 0 atom stereocenters. The lowest BCUT2D eigenvalue weighted by Crippen LogP contribution is -2.29. The molecule has 1 heterocycles. The zero-order valence-corrected chi connectivity index (χ0v) is 16.3. The quantitative estimate of drug-likeness (QED) is 0.601. The third kappa shape index (κ3) is 3.41. The van der Waals surface area contributed by atoms with Crippen LogP contribution in [0.1, 0.15) is 18.4 Å². The highest BCUT2D eigenvalue weighted by molar-refractivity contribution is 9.10. The van der Waals surface area contributed by atoms with E-state index in [-0.39, 0.29) is 5.43 Å². The highest BCUT2D eigenvalue weighted by Gasteiger charge is 2.30. The van der Waals surface area contributed by atoms with Crippen LogP contribution in [-0.4, -0.2) is 22.6 Å². The van der Waals surface area contributed by atoms with E-state index in [9.17, 15) is 4.79 Å². The van der Waals surface area contributed by atoms with E-state index in [2.05, 4.69) is 31.5 Å². The van der Waals surface area contributed by atoms with Crippen LogP contribution in [0, 0.1) is 0 Å². The van der Waals surface area contributed by atoms with Crippen molar-refractivity contribution >= 4 is 26.8 Å². The first-order chi connectivity index (χ1) is 12.7. The number of methoxy groups -OCH3 is 1. The molecule has 0 N–H and O–H groups in total. The third-order valence-corrected chi connectivity index (χ3v) is 5.55. The van der Waals surface area contributed by atoms with Crippen molar-refractivity contribution < 1.29 is 4.74 Å². The van der Waals surface area contributed by atoms with Gasteiger partial charge in [0.1, 0.15) is 5.75 Å². The predicted molar refractivity (Wildman–Crippen MR) is 107 cm³/mol. The number of aromatic nitrogens is 1. The van der Waals surface area contributed by atoms with Gasteiger partial charge in [-0.25, -0.2) is 0 Å². The van der Waals surface area contributed by atoms with E-state index in [1.165, 1.54) is 18.4 Å². The lowest BCUT2D eigenvalue weighted by molar-refractivity contribution is 0.199. The zero-order chi connectivity index (χ0) is 18.1. The Morgan fingerprint density at radius 2 is 1.96 bits per heavy atom. The fourth-order valence-corrected chi connectivity index (χ4v) is 4.02. The molecule has 1 aliphatic rings. The Labute approximate surface area is 161 Å². The summed E-state index contributed by atoms with van der Waals surface area (Å²) in [5.41, 5.74) is 2.19. The first-order valence-electron chi connectivity index (χ1n) is 8.81. The minimum atomic E-state index is 0.0558. The lowest BCUT2D eigenvalue weighted by Gasteiger charge is -2.25. The third-order valence-electron chi connectivity index (χ3n) is 4.91. The molecule has 1 aliphatic carbocycles. The van der Waals surface area contributed by atoms with Crippen molar-refractivity contribution in [1.82, 2.24) is 9.47 Å². The second kappa shape index (κ2) is 7.25. The Hall–Kier alpha value is -2.11. The number of pyridine rings is 1. The van der Waals surface area contributed by atoms with Crippen molar-refractivity contribution in [2.24, 2.45) is 0 Å². The number of benzene rings is 2. The van der Waals surface area contributed by atoms with Crippen molar-refractivity contribution in [3.05, 3.63) is 75.0 Å². The summed E-state index contributed by atoms with van der Waals surface area (Å²) in [6.45, 7) is 1.56. The Morgan fingerprint density at radius 3 is 2.73 bits per heavy atom. The summed E-state index contributed by atoms with van der Waals surface area (Å²) < 4.78 is 8.63. The summed E-state index contributed by atoms with van der Waals surface area (Å²) >= 11 is 3.62. The molecule has 0 spiro atoms. The highest BCUT2D eigenvalue weighted by atomic mass is 79.9. The van der Waals surface area contributed by atoms with Gasteiger partial charge >= 0.3 is 0 Å². The maximum absolute atomic E-state index is 12.2. The molecule has 3 aromatic rings. The average Bonchev–Trinajstić information content (AvgIpc) is 3.49. The number of nitrogens with zero attached hydrogens (tertiary/aromatic N) is 2. The molecule has 1 aromatic heterocycles. The highest BCUT2D eigenvalue weighted by Crippen LogP contribution is 2.31. The van der Waals surface area contributed by atoms with Crippen molar-refractivity contribution in [3.8, 4) is 5.75 Å². The number of hydrogen-bond acceptors (Lipinski definition) is 3. The monoisotopic (exact) mass is 412 g/mol. The summed E-state index contributed by atoms with van der Waals surface area (Å²) in [5.74, 6) is 0.920. The standard InChI is InChI=1S/C21H21BrN2O2/c1-26-20-8-3-2-5-15(20)13-24(16-9-10-16)14-23-12-11-19(25)17-6-4-7-18(22)21(17)23/h2-8,11-12,16H,9-10,13-14H2,1H3. The van der Waals surface area contributed by atoms with Crippen LogP contribution in [0.25, 0.3) is 10.9 Å². The van der Waals surface area contributed by atoms with Gasteiger partial charge in [0.05, 0.1) is 19.3 Å². The van der Waals surface area contributed by atoms with Crippen molar-refractivity contribution in [2.75, 3.05) is 7.11 Å². The van der Waals surface area contributed by atoms with E-state index >= 15 is 0 Å². The molecule has 0 saturated heterocycles. The molecule has 2 aromatic carbocycles. The van der Waals surface area contributed by atoms with Crippen LogP contribution < -0.4 is 10.2 Å². The Bertz CT molecular complexity index is 995. The fourth-order valence-electron chi connectivity index (χ4n) is 3.43. The minimum absolute atomic E-state index is 0.0558. The SMILES string of the molecule is COc1ccccc1CN(Cn1ccc(=O)c2cccc(Br)c21)C1CC1. The van der Waals surface area contributed by atoms with Gasteiger partial charge < -0.3 is 9.30 Å². The average molecular weight is 413 g/mol. The summed E-state index contributed by atoms with van der Waals surface area (Å²) in [7, 11) is 1.71. The maximum atomic E-state index is 12.2. The Kier molecular flexibility index (Phi) is 4.83. The van der Waals surface area contributed by atoms with E-state index in [0.29, 0.717) is 6.04 Å². The molecular weight excluding hydrogens is 392 g/mol. The molecule has 1 fully saturated rings. The molecule has 0 unspecified atom stereocenters. The molecule has 0 radical (unpaired) electrons. The first-order valence-corrected chi connectivity index (χ1v) is 9.60. The van der Waals surface area contributed by atoms with Gasteiger partial charge in [-0.15, -0.1) is 0 Å². The summed E-state index contributed by atoms with van der Waals surface area (Å²) in [5, 5.41) is 0.745. The van der Waals surface area contributed by atoms with Gasteiger partial charge in [0, 0.05) is 40.3 Å². The second-order valence-corrected chi connectivity index (χ2v) is 7.57. The lowest BCUT2D eigenvalue weighted by atomic mass is 10.2. The van der Waals surface area contributed by atoms with Gasteiger partial charge in [0.25, 0.3) is 0 Å². The number of halogens is 1. The van der Waals surface area contributed by atoms with Gasteiger partial charge in [0.2, 0.25) is 0 Å². The molecule has 4 rings (SSSR count). The summed E-state index contributed by atoms with van der Waals surface area (Å²) in [6.07, 6.45) is 4.33. The number of rotatable bonds is 6. The van der Waals surface area contributed by atoms with E-state index in [4.69, 9.17) is 4.74 Å². The molecule has 0 amide bonds. The summed E-state index contributed by atoms with van der Waals surface area (Å²) in [4.78, 5) is 14.7.